The summed E-state index contributed by atoms with van der Waals surface area (Å²) in [7, 11) is 0. The van der Waals surface area contributed by atoms with Gasteiger partial charge in [-0.15, -0.1) is 0 Å². The molecule has 0 N–H and O–H groups in total. The lowest BCUT2D eigenvalue weighted by atomic mass is 9.98. The lowest BCUT2D eigenvalue weighted by Gasteiger charge is -2.48. The van der Waals surface area contributed by atoms with Crippen molar-refractivity contribution in [3.05, 3.63) is 54.1 Å². The van der Waals surface area contributed by atoms with Crippen LogP contribution in [0.15, 0.2) is 48.5 Å². The fourth-order valence-corrected chi connectivity index (χ4v) is 5.19. The number of para-hydroxylation sites is 3. The monoisotopic (exact) mass is 415 g/mol. The largest absolute Gasteiger partial charge is 0.308 e. The Balaban J connectivity index is 1.36. The van der Waals surface area contributed by atoms with Crippen molar-refractivity contribution in [2.45, 2.75) is 32.0 Å². The van der Waals surface area contributed by atoms with Gasteiger partial charge >= 0.3 is 0 Å². The highest BCUT2D eigenvalue weighted by Crippen LogP contribution is 2.44. The zero-order valence-corrected chi connectivity index (χ0v) is 17.1. The smallest absolute Gasteiger partial charge is 0.258 e. The van der Waals surface area contributed by atoms with Crippen molar-refractivity contribution < 1.29 is 14.4 Å². The van der Waals surface area contributed by atoms with E-state index in [1.165, 1.54) is 0 Å². The highest BCUT2D eigenvalue weighted by Gasteiger charge is 2.53. The summed E-state index contributed by atoms with van der Waals surface area (Å²) in [6.07, 6.45) is 0.847. The average Bonchev–Trinajstić information content (AvgIpc) is 3.43. The van der Waals surface area contributed by atoms with Gasteiger partial charge in [-0.25, -0.2) is 4.98 Å². The number of rotatable bonds is 2. The number of nitrogens with zero attached hydrogens (tertiary/aromatic N) is 5. The van der Waals surface area contributed by atoms with Gasteiger partial charge in [-0.05, 0) is 37.6 Å². The van der Waals surface area contributed by atoms with Crippen LogP contribution in [0.5, 0.6) is 0 Å². The van der Waals surface area contributed by atoms with E-state index in [0.717, 1.165) is 11.0 Å². The molecule has 0 radical (unpaired) electrons. The Labute approximate surface area is 178 Å². The van der Waals surface area contributed by atoms with E-state index in [1.807, 2.05) is 41.8 Å². The number of benzene rings is 2. The maximum Gasteiger partial charge on any atom is 0.258 e. The molecule has 1 unspecified atom stereocenters. The zero-order chi connectivity index (χ0) is 21.3. The third-order valence-electron chi connectivity index (χ3n) is 6.76. The van der Waals surface area contributed by atoms with Crippen molar-refractivity contribution in [1.82, 2.24) is 14.5 Å². The van der Waals surface area contributed by atoms with Crippen LogP contribution in [0.3, 0.4) is 0 Å². The standard InChI is InChI=1S/C23H21N5O3/c1-23-11-10-19(29)28(23)17-8-4-2-6-15(17)21(31)27(23)14-20(30)26-13-12-25-18-9-5-3-7-16(18)24-22(25)26/h2-9H,10-14H2,1H3. The first-order valence-corrected chi connectivity index (χ1v) is 10.5. The molecule has 8 heteroatoms. The molecule has 3 amide bonds. The van der Waals surface area contributed by atoms with E-state index in [0.29, 0.717) is 43.1 Å². The van der Waals surface area contributed by atoms with Gasteiger partial charge in [0, 0.05) is 19.5 Å². The van der Waals surface area contributed by atoms with Gasteiger partial charge in [-0.1, -0.05) is 24.3 Å². The molecule has 0 aliphatic carbocycles. The molecule has 3 aliphatic rings. The van der Waals surface area contributed by atoms with E-state index in [2.05, 4.69) is 4.98 Å². The average molecular weight is 415 g/mol. The summed E-state index contributed by atoms with van der Waals surface area (Å²) in [5.74, 6) is 0.177. The van der Waals surface area contributed by atoms with E-state index in [4.69, 9.17) is 0 Å². The second-order valence-corrected chi connectivity index (χ2v) is 8.45. The highest BCUT2D eigenvalue weighted by molar-refractivity contribution is 6.11. The molecule has 6 rings (SSSR count). The Kier molecular flexibility index (Phi) is 3.60. The third kappa shape index (κ3) is 2.35. The molecule has 0 bridgehead atoms. The van der Waals surface area contributed by atoms with Crippen molar-refractivity contribution in [1.29, 1.82) is 0 Å². The molecule has 156 valence electrons. The van der Waals surface area contributed by atoms with Crippen molar-refractivity contribution in [3.8, 4) is 0 Å². The summed E-state index contributed by atoms with van der Waals surface area (Å²) in [5.41, 5.74) is 2.08. The quantitative estimate of drug-likeness (QED) is 0.644. The molecule has 1 saturated heterocycles. The Morgan fingerprint density at radius 3 is 2.71 bits per heavy atom. The van der Waals surface area contributed by atoms with E-state index < -0.39 is 5.66 Å². The van der Waals surface area contributed by atoms with E-state index in [9.17, 15) is 14.4 Å². The van der Waals surface area contributed by atoms with Crippen molar-refractivity contribution in [2.24, 2.45) is 0 Å². The Morgan fingerprint density at radius 1 is 1.06 bits per heavy atom. The molecular formula is C23H21N5O3. The van der Waals surface area contributed by atoms with Crippen LogP contribution < -0.4 is 9.80 Å². The number of anilines is 2. The van der Waals surface area contributed by atoms with Crippen LogP contribution in [0.2, 0.25) is 0 Å². The summed E-state index contributed by atoms with van der Waals surface area (Å²) in [5, 5.41) is 0. The van der Waals surface area contributed by atoms with Gasteiger partial charge in [-0.2, -0.15) is 0 Å². The van der Waals surface area contributed by atoms with Gasteiger partial charge in [0.1, 0.15) is 12.2 Å². The summed E-state index contributed by atoms with van der Waals surface area (Å²) in [6.45, 7) is 2.96. The summed E-state index contributed by atoms with van der Waals surface area (Å²) >= 11 is 0. The third-order valence-corrected chi connectivity index (χ3v) is 6.76. The first-order valence-electron chi connectivity index (χ1n) is 10.5. The Hall–Kier alpha value is -3.68. The number of carbonyl (C=O) groups excluding carboxylic acids is 3. The summed E-state index contributed by atoms with van der Waals surface area (Å²) in [6, 6.07) is 14.9. The number of hydrogen-bond acceptors (Lipinski definition) is 4. The molecule has 1 atom stereocenters. The van der Waals surface area contributed by atoms with Crippen LogP contribution in [-0.4, -0.2) is 50.9 Å². The Morgan fingerprint density at radius 2 is 1.84 bits per heavy atom. The highest BCUT2D eigenvalue weighted by atomic mass is 16.2. The van der Waals surface area contributed by atoms with Gasteiger partial charge in [0.25, 0.3) is 5.91 Å². The molecule has 1 aromatic heterocycles. The predicted molar refractivity (Wildman–Crippen MR) is 115 cm³/mol. The van der Waals surface area contributed by atoms with Crippen LogP contribution in [0.25, 0.3) is 11.0 Å². The minimum atomic E-state index is -0.849. The fraction of sp³-hybridized carbons (Fsp3) is 0.304. The number of aromatic nitrogens is 2. The topological polar surface area (TPSA) is 78.8 Å². The lowest BCUT2D eigenvalue weighted by Crippen LogP contribution is -2.64. The Bertz CT molecular complexity index is 1280. The maximum absolute atomic E-state index is 13.4. The van der Waals surface area contributed by atoms with Crippen LogP contribution in [0.4, 0.5) is 11.6 Å². The SMILES string of the molecule is CC12CCC(=O)N1c1ccccc1C(=O)N2CC(=O)N1CCn2c1nc1ccccc12. The predicted octanol–water partition coefficient (Wildman–Crippen LogP) is 2.38. The maximum atomic E-state index is 13.4. The minimum absolute atomic E-state index is 0.0251. The first kappa shape index (κ1) is 18.1. The molecule has 0 saturated carbocycles. The number of amides is 3. The van der Waals surface area contributed by atoms with Gasteiger partial charge < -0.3 is 9.47 Å². The van der Waals surface area contributed by atoms with Crippen molar-refractivity contribution in [2.75, 3.05) is 22.9 Å². The minimum Gasteiger partial charge on any atom is -0.308 e. The fourth-order valence-electron chi connectivity index (χ4n) is 5.19. The van der Waals surface area contributed by atoms with Gasteiger partial charge in [0.05, 0.1) is 22.3 Å². The summed E-state index contributed by atoms with van der Waals surface area (Å²) in [4.78, 5) is 49.1. The van der Waals surface area contributed by atoms with Crippen LogP contribution >= 0.6 is 0 Å². The molecule has 0 spiro atoms. The number of carbonyl (C=O) groups is 3. The van der Waals surface area contributed by atoms with E-state index >= 15 is 0 Å². The molecule has 2 aromatic carbocycles. The second-order valence-electron chi connectivity index (χ2n) is 8.45. The van der Waals surface area contributed by atoms with Gasteiger partial charge in [0.15, 0.2) is 0 Å². The molecule has 3 aromatic rings. The lowest BCUT2D eigenvalue weighted by molar-refractivity contribution is -0.121. The molecule has 1 fully saturated rings. The van der Waals surface area contributed by atoms with Crippen molar-refractivity contribution >= 4 is 40.4 Å². The van der Waals surface area contributed by atoms with E-state index in [1.54, 1.807) is 32.9 Å². The first-order chi connectivity index (χ1) is 15.0. The van der Waals surface area contributed by atoms with Crippen molar-refractivity contribution in [3.63, 3.8) is 0 Å². The van der Waals surface area contributed by atoms with E-state index in [-0.39, 0.29) is 24.3 Å². The molecule has 31 heavy (non-hydrogen) atoms. The molecular weight excluding hydrogens is 394 g/mol. The molecule has 8 nitrogen and oxygen atoms in total. The second kappa shape index (κ2) is 6.16. The molecule has 4 heterocycles. The van der Waals surface area contributed by atoms with Crippen LogP contribution in [0.1, 0.15) is 30.1 Å². The summed E-state index contributed by atoms with van der Waals surface area (Å²) < 4.78 is 2.04. The van der Waals surface area contributed by atoms with Crippen LogP contribution in [-0.2, 0) is 16.1 Å². The number of hydrogen-bond donors (Lipinski definition) is 0. The van der Waals surface area contributed by atoms with Gasteiger partial charge in [0.2, 0.25) is 17.8 Å². The normalized spacial score (nSPS) is 22.2. The zero-order valence-electron chi connectivity index (χ0n) is 17.1. The van der Waals surface area contributed by atoms with Gasteiger partial charge in [-0.3, -0.25) is 24.2 Å². The number of imidazole rings is 1. The van der Waals surface area contributed by atoms with Crippen LogP contribution in [0, 0.1) is 0 Å². The number of fused-ring (bicyclic) bond motifs is 6. The molecule has 3 aliphatic heterocycles.